The fraction of sp³-hybridized carbons (Fsp3) is 0.533. The van der Waals surface area contributed by atoms with Crippen LogP contribution >= 0.6 is 35.3 Å². The maximum Gasteiger partial charge on any atom is 1.00 e. The number of hydrogen-bond donors (Lipinski definition) is 2. The van der Waals surface area contributed by atoms with E-state index in [2.05, 4.69) is 20.0 Å². The van der Waals surface area contributed by atoms with E-state index in [0.29, 0.717) is 21.7 Å². The molecule has 12 nitrogen and oxygen atoms in total. The summed E-state index contributed by atoms with van der Waals surface area (Å²) in [4.78, 5) is 26.6. The Morgan fingerprint density at radius 2 is 2.12 bits per heavy atom. The third-order valence-corrected chi connectivity index (χ3v) is 7.44. The zero-order valence-electron chi connectivity index (χ0n) is 17.8. The van der Waals surface area contributed by atoms with E-state index < -0.39 is 34.2 Å². The van der Waals surface area contributed by atoms with E-state index in [1.165, 1.54) is 12.5 Å². The van der Waals surface area contributed by atoms with Crippen molar-refractivity contribution >= 4 is 72.6 Å². The van der Waals surface area contributed by atoms with Crippen LogP contribution in [0.15, 0.2) is 15.5 Å². The van der Waals surface area contributed by atoms with Crippen LogP contribution in [0.5, 0.6) is 0 Å². The molecule has 1 aromatic rings. The van der Waals surface area contributed by atoms with Gasteiger partial charge in [-0.2, -0.15) is 8.42 Å². The number of nitrogens with zero attached hydrogens (tertiary/aromatic N) is 5. The number of carbonyl (C=O) groups is 1. The van der Waals surface area contributed by atoms with Crippen LogP contribution in [-0.4, -0.2) is 87.0 Å². The van der Waals surface area contributed by atoms with Gasteiger partial charge in [0.15, 0.2) is 11.2 Å². The summed E-state index contributed by atoms with van der Waals surface area (Å²) in [5.41, 5.74) is 5.38. The Morgan fingerprint density at radius 3 is 2.59 bits per heavy atom. The minimum Gasteiger partial charge on any atom is -0.857 e. The number of thiocarbonyl (C=S) groups is 1. The van der Waals surface area contributed by atoms with Crippen LogP contribution in [0.4, 0.5) is 5.13 Å². The summed E-state index contributed by atoms with van der Waals surface area (Å²) >= 11 is 7.50. The average molecular weight is 533 g/mol. The number of β-lactam (4-membered cyclic amide) rings is 1. The number of thiazole rings is 1. The molecule has 1 fully saturated rings. The van der Waals surface area contributed by atoms with Crippen molar-refractivity contribution in [1.29, 1.82) is 0 Å². The van der Waals surface area contributed by atoms with Gasteiger partial charge in [-0.25, -0.2) is 9.29 Å². The molecular formula is C15H21N6NaO6S4. The van der Waals surface area contributed by atoms with Gasteiger partial charge < -0.3 is 20.6 Å². The summed E-state index contributed by atoms with van der Waals surface area (Å²) in [7, 11) is -3.62. The molecule has 2 rings (SSSR count). The molecule has 3 N–H and O–H groups in total. The van der Waals surface area contributed by atoms with Crippen molar-refractivity contribution in [2.24, 2.45) is 10.1 Å². The number of oxime groups is 1. The summed E-state index contributed by atoms with van der Waals surface area (Å²) < 4.78 is 33.5. The van der Waals surface area contributed by atoms with Gasteiger partial charge in [-0.3, -0.25) is 14.3 Å². The molecule has 2 atom stereocenters. The van der Waals surface area contributed by atoms with Gasteiger partial charge in [0.05, 0.1) is 6.04 Å². The van der Waals surface area contributed by atoms with Gasteiger partial charge in [0, 0.05) is 30.1 Å². The van der Waals surface area contributed by atoms with Crippen LogP contribution < -0.4 is 40.4 Å². The Hall–Kier alpha value is -1.01. The number of rotatable bonds is 9. The van der Waals surface area contributed by atoms with Gasteiger partial charge in [-0.15, -0.1) is 11.3 Å². The number of nitrogen functional groups attached to an aromatic ring is 1. The molecule has 1 amide bonds. The monoisotopic (exact) mass is 532 g/mol. The molecule has 17 heteroatoms. The van der Waals surface area contributed by atoms with E-state index in [0.717, 1.165) is 23.1 Å². The van der Waals surface area contributed by atoms with E-state index in [4.69, 9.17) is 18.0 Å². The second-order valence-electron chi connectivity index (χ2n) is 6.00. The number of aliphatic imine (C=N–C) groups is 1. The number of thioether (sulfide) groups is 1. The molecular weight excluding hydrogens is 511 g/mol. The first kappa shape index (κ1) is 29.0. The van der Waals surface area contributed by atoms with Crippen LogP contribution in [0.3, 0.4) is 0 Å². The number of anilines is 1. The minimum atomic E-state index is -4.83. The van der Waals surface area contributed by atoms with Crippen molar-refractivity contribution < 1.29 is 57.3 Å². The zero-order chi connectivity index (χ0) is 23.3. The van der Waals surface area contributed by atoms with E-state index in [1.54, 1.807) is 0 Å². The first-order valence-corrected chi connectivity index (χ1v) is 12.5. The van der Waals surface area contributed by atoms with E-state index in [9.17, 15) is 22.9 Å². The minimum absolute atomic E-state index is 0. The van der Waals surface area contributed by atoms with Crippen LogP contribution in [0.2, 0.25) is 0 Å². The summed E-state index contributed by atoms with van der Waals surface area (Å²) in [6.07, 6.45) is 0. The van der Waals surface area contributed by atoms with E-state index in [-0.39, 0.29) is 51.8 Å². The Labute approximate surface area is 221 Å². The summed E-state index contributed by atoms with van der Waals surface area (Å²) in [6.45, 7) is 5.11. The molecule has 1 aliphatic heterocycles. The fourth-order valence-electron chi connectivity index (χ4n) is 2.69. The summed E-state index contributed by atoms with van der Waals surface area (Å²) in [5, 5.41) is 17.9. The van der Waals surface area contributed by atoms with Crippen LogP contribution in [0.25, 0.3) is 0 Å². The number of amides is 1. The van der Waals surface area contributed by atoms with Gasteiger partial charge in [0.25, 0.3) is 5.91 Å². The molecule has 32 heavy (non-hydrogen) atoms. The van der Waals surface area contributed by atoms with E-state index in [1.807, 2.05) is 18.7 Å². The first-order chi connectivity index (χ1) is 14.5. The average Bonchev–Trinajstić information content (AvgIpc) is 3.12. The van der Waals surface area contributed by atoms with Crippen LogP contribution in [0, 0.1) is 0 Å². The van der Waals surface area contributed by atoms with Crippen molar-refractivity contribution in [2.45, 2.75) is 25.9 Å². The Morgan fingerprint density at radius 1 is 1.50 bits per heavy atom. The molecule has 0 spiro atoms. The zero-order valence-corrected chi connectivity index (χ0v) is 23.1. The van der Waals surface area contributed by atoms with E-state index >= 15 is 0 Å². The standard InChI is InChI=1S/C15H22N6O6S4.Na/c1-4-20(5-2)15(28)30-7-9-11(13(23)21(9)31(24,25)26)18-12(22)10(19-27-3)8-6-29-14(16)17-8;/h6,9,11H,4-5,7H2,1-3H3,(H2,16,17)(H,18,22)(H,24,25,26);/q;+1/p-1/b19-10+;/t9-,11+;/m1./s1. The number of carbonyl (C=O) groups excluding carboxylic acids is 1. The maximum absolute atomic E-state index is 12.7. The Kier molecular flexibility index (Phi) is 11.3. The predicted octanol–water partition coefficient (Wildman–Crippen LogP) is -3.42. The van der Waals surface area contributed by atoms with Gasteiger partial charge >= 0.3 is 39.9 Å². The Balaban J connectivity index is 0.00000512. The third kappa shape index (κ3) is 6.75. The fourth-order valence-corrected chi connectivity index (χ4v) is 5.75. The SMILES string of the molecule is CCN(CC)C(=S)SC[C@@H]1[C@H](N=C([O-])/C(=N/OC)c2csc(N)n2)C(=O)N1S(=O)(=O)O.[Na+]. The second kappa shape index (κ2) is 12.5. The van der Waals surface area contributed by atoms with Gasteiger partial charge in [0.2, 0.25) is 0 Å². The van der Waals surface area contributed by atoms with Crippen molar-refractivity contribution in [2.75, 3.05) is 31.7 Å². The van der Waals surface area contributed by atoms with Crippen LogP contribution in [0.1, 0.15) is 19.5 Å². The molecule has 0 bridgehead atoms. The molecule has 1 aliphatic rings. The summed E-state index contributed by atoms with van der Waals surface area (Å²) in [6, 6.07) is -2.45. The molecule has 0 radical (unpaired) electrons. The molecule has 172 valence electrons. The van der Waals surface area contributed by atoms with Crippen molar-refractivity contribution in [3.05, 3.63) is 11.1 Å². The molecule has 2 heterocycles. The molecule has 0 aromatic carbocycles. The molecule has 0 unspecified atom stereocenters. The van der Waals surface area contributed by atoms with Gasteiger partial charge in [0.1, 0.15) is 22.8 Å². The predicted molar refractivity (Wildman–Crippen MR) is 121 cm³/mol. The quantitative estimate of drug-likeness (QED) is 0.0616. The van der Waals surface area contributed by atoms with Crippen LogP contribution in [-0.2, 0) is 19.9 Å². The maximum atomic E-state index is 12.7. The normalized spacial score (nSPS) is 19.2. The smallest absolute Gasteiger partial charge is 0.857 e. The second-order valence-corrected chi connectivity index (χ2v) is 9.83. The van der Waals surface area contributed by atoms with Crippen molar-refractivity contribution in [1.82, 2.24) is 14.2 Å². The molecule has 0 saturated carbocycles. The van der Waals surface area contributed by atoms with Gasteiger partial charge in [-0.1, -0.05) is 29.1 Å². The molecule has 0 aliphatic carbocycles. The number of aromatic nitrogens is 1. The Bertz CT molecular complexity index is 996. The number of nitrogens with two attached hydrogens (primary N) is 1. The molecule has 1 aromatic heterocycles. The summed E-state index contributed by atoms with van der Waals surface area (Å²) in [5.74, 6) is -1.98. The molecule has 1 saturated heterocycles. The topological polar surface area (TPSA) is 174 Å². The number of hydrogen-bond acceptors (Lipinski definition) is 12. The van der Waals surface area contributed by atoms with Gasteiger partial charge in [-0.05, 0) is 13.8 Å². The third-order valence-electron chi connectivity index (χ3n) is 4.19. The van der Waals surface area contributed by atoms with Crippen molar-refractivity contribution in [3.63, 3.8) is 0 Å². The largest absolute Gasteiger partial charge is 1.00 e. The van der Waals surface area contributed by atoms with Crippen molar-refractivity contribution in [3.8, 4) is 0 Å². The first-order valence-electron chi connectivity index (χ1n) is 8.85.